The van der Waals surface area contributed by atoms with Gasteiger partial charge in [-0.3, -0.25) is 19.2 Å². The Balaban J connectivity index is 0.000000161. The van der Waals surface area contributed by atoms with Gasteiger partial charge in [0.2, 0.25) is 5.78 Å². The van der Waals surface area contributed by atoms with Crippen LogP contribution in [-0.4, -0.2) is 162 Å². The van der Waals surface area contributed by atoms with Crippen LogP contribution < -0.4 is 44.5 Å². The van der Waals surface area contributed by atoms with E-state index in [0.29, 0.717) is 81.5 Å². The summed E-state index contributed by atoms with van der Waals surface area (Å²) >= 11 is 0. The van der Waals surface area contributed by atoms with Crippen LogP contribution in [0.1, 0.15) is 133 Å². The smallest absolute Gasteiger partial charge is 0.218 e. The molecule has 754 valence electrons. The number of aliphatic hydroxyl groups excluding tert-OH is 4. The van der Waals surface area contributed by atoms with E-state index in [9.17, 15) is 80.5 Å². The number of para-hydroxylation sites is 8. The normalized spacial score (nSPS) is 17.5. The van der Waals surface area contributed by atoms with E-state index in [0.717, 1.165) is 86.5 Å². The first-order valence-electron chi connectivity index (χ1n) is 49.7. The molecular formula is C120H136N8O16-2. The third kappa shape index (κ3) is 24.1. The van der Waals surface area contributed by atoms with Crippen molar-refractivity contribution < 1.29 is 80.5 Å². The molecule has 0 spiro atoms. The third-order valence-electron chi connectivity index (χ3n) is 25.2. The SMILES string of the molecule is CC(C)CN(CC(C)C)C1=CC(=O)C(=C2C(=O)C(N(c3ccccc3)c3ccccc3)=C2O)C(O)=C1.CC(C)CN(CC(C)C)c1cc(O)c(C2=C(O)C(N(c3ccccc3)c3ccccc3)C2=O)c(O)c1.CC(C)CN(CC(C)C)c1cc(O)c(C2=C(O)C(N(c3ccccc3)c3ccccc3)C2=O)c(O)c1.CC(C)CN(CC(C)C)c1cc(O)c(C2C([O-])C(N(c3ccccc3)c3ccccc3)C2[O-])c(O)c1. The minimum absolute atomic E-state index is 0.0346. The van der Waals surface area contributed by atoms with Crippen molar-refractivity contribution in [1.29, 1.82) is 0 Å². The van der Waals surface area contributed by atoms with Crippen molar-refractivity contribution >= 4 is 96.8 Å². The first kappa shape index (κ1) is 106. The fourth-order valence-corrected chi connectivity index (χ4v) is 19.4. The molecule has 0 saturated heterocycles. The van der Waals surface area contributed by atoms with Crippen LogP contribution in [-0.2, 0) is 19.2 Å². The number of ketones is 4. The topological polar surface area (TPSA) is 343 Å². The molecule has 11 aromatic carbocycles. The summed E-state index contributed by atoms with van der Waals surface area (Å²) in [6, 6.07) is 81.3. The quantitative estimate of drug-likeness (QED) is 0.0165. The Morgan fingerprint density at radius 2 is 0.521 bits per heavy atom. The molecule has 16 rings (SSSR count). The molecule has 0 aromatic heterocycles. The van der Waals surface area contributed by atoms with Crippen molar-refractivity contribution in [1.82, 2.24) is 4.90 Å². The van der Waals surface area contributed by atoms with Crippen molar-refractivity contribution in [3.63, 3.8) is 0 Å². The van der Waals surface area contributed by atoms with Gasteiger partial charge in [0.05, 0.1) is 33.4 Å². The molecule has 11 aromatic rings. The molecule has 144 heavy (non-hydrogen) atoms. The summed E-state index contributed by atoms with van der Waals surface area (Å²) in [6.45, 7) is 39.8. The van der Waals surface area contributed by atoms with Gasteiger partial charge >= 0.3 is 0 Å². The number of phenolic OH excluding ortho intramolecular Hbond substituents is 6. The molecule has 0 heterocycles. The van der Waals surface area contributed by atoms with Crippen LogP contribution in [0.2, 0.25) is 0 Å². The number of carbonyl (C=O) groups is 4. The molecule has 10 N–H and O–H groups in total. The van der Waals surface area contributed by atoms with Crippen molar-refractivity contribution in [3.8, 4) is 34.5 Å². The fourth-order valence-electron chi connectivity index (χ4n) is 19.4. The molecule has 4 atom stereocenters. The highest BCUT2D eigenvalue weighted by molar-refractivity contribution is 6.35. The number of aromatic hydroxyl groups is 6. The van der Waals surface area contributed by atoms with Crippen LogP contribution in [0, 0.1) is 47.3 Å². The van der Waals surface area contributed by atoms with Gasteiger partial charge in [0, 0.05) is 181 Å². The number of rotatable bonds is 35. The zero-order valence-electron chi connectivity index (χ0n) is 85.0. The maximum absolute atomic E-state index is 13.6. The van der Waals surface area contributed by atoms with Gasteiger partial charge in [0.15, 0.2) is 35.2 Å². The van der Waals surface area contributed by atoms with E-state index in [1.807, 2.05) is 243 Å². The summed E-state index contributed by atoms with van der Waals surface area (Å²) < 4.78 is 0. The van der Waals surface area contributed by atoms with Crippen molar-refractivity contribution in [2.24, 2.45) is 47.3 Å². The Labute approximate surface area is 846 Å². The second-order valence-electron chi connectivity index (χ2n) is 40.8. The minimum Gasteiger partial charge on any atom is -0.850 e. The van der Waals surface area contributed by atoms with Crippen molar-refractivity contribution in [2.75, 3.05) is 86.7 Å². The fraction of sp³-hybridized carbons (Fsp3) is 0.317. The van der Waals surface area contributed by atoms with Crippen molar-refractivity contribution in [3.05, 3.63) is 353 Å². The van der Waals surface area contributed by atoms with E-state index >= 15 is 0 Å². The summed E-state index contributed by atoms with van der Waals surface area (Å²) in [7, 11) is 0. The van der Waals surface area contributed by atoms with Gasteiger partial charge < -0.3 is 100 Å². The first-order chi connectivity index (χ1) is 68.7. The van der Waals surface area contributed by atoms with Crippen LogP contribution >= 0.6 is 0 Å². The number of benzene rings is 11. The number of hydrogen-bond donors (Lipinski definition) is 10. The highest BCUT2D eigenvalue weighted by Gasteiger charge is 2.51. The second kappa shape index (κ2) is 47.2. The number of aliphatic hydroxyl groups is 4. The maximum Gasteiger partial charge on any atom is 0.218 e. The van der Waals surface area contributed by atoms with E-state index in [4.69, 9.17) is 0 Å². The number of anilines is 11. The number of hydrogen-bond acceptors (Lipinski definition) is 24. The standard InChI is InChI=1S/C30H36N2O4.2C30H34N2O4.C30H32N2O4/c4*1-19(2)17-31(18-20(3)4)23-15-24(33)26(25(34)16-23)27-29(35)28(30(27)36)32(21-11-7-5-8-12-21)22-13-9-6-10-14-22/h5-16,19-20,27-30,33-34H,17-18H2,1-4H3;2*5-16,19-20,28,33-35H,17-18H2,1-4H3;5-16,19-20,33,35H,17-18H2,1-4H3/q-2;;;. The van der Waals surface area contributed by atoms with Crippen LogP contribution in [0.25, 0.3) is 11.1 Å². The second-order valence-corrected chi connectivity index (χ2v) is 40.8. The molecule has 0 aliphatic heterocycles. The van der Waals surface area contributed by atoms with Gasteiger partial charge in [-0.05, 0) is 150 Å². The molecular weight excluding hydrogens is 1810 g/mol. The van der Waals surface area contributed by atoms with E-state index in [2.05, 4.69) is 130 Å². The number of phenols is 6. The van der Waals surface area contributed by atoms with Gasteiger partial charge in [-0.1, -0.05) is 269 Å². The van der Waals surface area contributed by atoms with Crippen LogP contribution in [0.15, 0.2) is 337 Å². The number of nitrogens with zero attached hydrogens (tertiary/aromatic N) is 8. The average Bonchev–Trinajstić information content (AvgIpc) is 0.739. The molecule has 1 fully saturated rings. The lowest BCUT2D eigenvalue weighted by atomic mass is 9.68. The lowest BCUT2D eigenvalue weighted by molar-refractivity contribution is -0.532. The Morgan fingerprint density at radius 1 is 0.278 bits per heavy atom. The number of allylic oxidation sites excluding steroid dienone is 5. The van der Waals surface area contributed by atoms with E-state index in [1.165, 1.54) is 12.2 Å². The number of Topliss-reactive ketones (excluding diaryl/α,β-unsaturated/α-hetero) is 3. The molecule has 5 aliphatic carbocycles. The van der Waals surface area contributed by atoms with E-state index < -0.39 is 47.8 Å². The summed E-state index contributed by atoms with van der Waals surface area (Å²) in [4.78, 5) is 69.0. The van der Waals surface area contributed by atoms with Gasteiger partial charge in [-0.25, -0.2) is 0 Å². The monoisotopic (exact) mass is 1950 g/mol. The van der Waals surface area contributed by atoms with Crippen LogP contribution in [0.5, 0.6) is 34.5 Å². The zero-order valence-corrected chi connectivity index (χ0v) is 85.0. The van der Waals surface area contributed by atoms with Crippen molar-refractivity contribution in [2.45, 2.75) is 147 Å². The van der Waals surface area contributed by atoms with E-state index in [-0.39, 0.29) is 114 Å². The molecule has 0 bridgehead atoms. The van der Waals surface area contributed by atoms with E-state index in [1.54, 1.807) is 56.0 Å². The maximum atomic E-state index is 13.6. The third-order valence-corrected chi connectivity index (χ3v) is 25.2. The van der Waals surface area contributed by atoms with Gasteiger partial charge in [0.25, 0.3) is 0 Å². The highest BCUT2D eigenvalue weighted by atomic mass is 16.3. The van der Waals surface area contributed by atoms with Gasteiger partial charge in [-0.15, -0.1) is 0 Å². The molecule has 4 unspecified atom stereocenters. The Bertz CT molecular complexity index is 6010. The Morgan fingerprint density at radius 3 is 0.764 bits per heavy atom. The largest absolute Gasteiger partial charge is 0.850 e. The Kier molecular flexibility index (Phi) is 34.8. The molecule has 24 heteroatoms. The minimum atomic E-state index is -1.32. The predicted molar refractivity (Wildman–Crippen MR) is 573 cm³/mol. The molecule has 5 aliphatic rings. The van der Waals surface area contributed by atoms with Gasteiger partial charge in [-0.2, -0.15) is 0 Å². The lowest BCUT2D eigenvalue weighted by Crippen LogP contribution is -2.73. The average molecular weight is 1950 g/mol. The molecule has 0 radical (unpaired) electrons. The molecule has 24 nitrogen and oxygen atoms in total. The highest BCUT2D eigenvalue weighted by Crippen LogP contribution is 2.53. The molecule has 0 amide bonds. The van der Waals surface area contributed by atoms with Crippen LogP contribution in [0.3, 0.4) is 0 Å². The molecule has 1 saturated carbocycles. The zero-order chi connectivity index (χ0) is 104. The first-order valence-corrected chi connectivity index (χ1v) is 49.7. The predicted octanol–water partition coefficient (Wildman–Crippen LogP) is 22.5. The lowest BCUT2D eigenvalue weighted by Gasteiger charge is -2.64. The Hall–Kier alpha value is -15.1. The summed E-state index contributed by atoms with van der Waals surface area (Å²) in [6.07, 6.45) is 0.312. The van der Waals surface area contributed by atoms with Gasteiger partial charge in [0.1, 0.15) is 57.5 Å². The summed E-state index contributed by atoms with van der Waals surface area (Å²) in [5.41, 5.74) is 8.14. The summed E-state index contributed by atoms with van der Waals surface area (Å²) in [5, 5.41) is 137. The van der Waals surface area contributed by atoms with Crippen LogP contribution in [0.4, 0.5) is 62.6 Å². The number of carbonyl (C=O) groups excluding carboxylic acids is 4. The summed E-state index contributed by atoms with van der Waals surface area (Å²) in [5.74, 6) is -2.08.